The Labute approximate surface area is 169 Å². The Morgan fingerprint density at radius 3 is 2.68 bits per heavy atom. The molecule has 0 spiro atoms. The van der Waals surface area contributed by atoms with Crippen LogP contribution in [0.15, 0.2) is 39.1 Å². The van der Waals surface area contributed by atoms with Crippen LogP contribution in [0.5, 0.6) is 0 Å². The Morgan fingerprint density at radius 1 is 1.29 bits per heavy atom. The number of benzene rings is 1. The Hall–Kier alpha value is -2.44. The summed E-state index contributed by atoms with van der Waals surface area (Å²) in [7, 11) is 3.93. The molecule has 147 valence electrons. The predicted molar refractivity (Wildman–Crippen MR) is 108 cm³/mol. The molecule has 1 heterocycles. The van der Waals surface area contributed by atoms with Gasteiger partial charge in [-0.25, -0.2) is 0 Å². The number of aryl methyl sites for hydroxylation is 2. The van der Waals surface area contributed by atoms with Crippen molar-refractivity contribution in [3.05, 3.63) is 51.6 Å². The molecule has 7 heteroatoms. The van der Waals surface area contributed by atoms with E-state index in [2.05, 4.69) is 10.1 Å². The van der Waals surface area contributed by atoms with Crippen molar-refractivity contribution in [2.75, 3.05) is 27.2 Å². The molecule has 0 saturated carbocycles. The molecule has 1 aliphatic rings. The lowest BCUT2D eigenvalue weighted by Crippen LogP contribution is -2.19. The standard InChI is InChI=1S/C21H23ClN3O3/c1-13-11-15(21-23-14(2)28-24-21)5-7-17(13)18-8-6-16(12-26)20(19(18)22)27-10-9-25(3)4/h5,7,11H,6,8-10H2,1-4H3. The van der Waals surface area contributed by atoms with Gasteiger partial charge in [-0.2, -0.15) is 4.98 Å². The van der Waals surface area contributed by atoms with E-state index in [0.717, 1.165) is 28.8 Å². The number of ether oxygens (including phenoxy) is 1. The van der Waals surface area contributed by atoms with Gasteiger partial charge >= 0.3 is 0 Å². The van der Waals surface area contributed by atoms with Crippen LogP contribution in [0.3, 0.4) is 0 Å². The Morgan fingerprint density at radius 2 is 2.07 bits per heavy atom. The normalized spacial score (nSPS) is 14.8. The SMILES string of the molecule is Cc1nc(-c2ccc(C3=C(Cl)C(OCCN(C)C)=C([C]=O)CC3)c(C)c2)no1. The topological polar surface area (TPSA) is 68.5 Å². The first kappa shape index (κ1) is 20.3. The Kier molecular flexibility index (Phi) is 6.31. The summed E-state index contributed by atoms with van der Waals surface area (Å²) in [5.74, 6) is 1.52. The smallest absolute Gasteiger partial charge is 0.233 e. The van der Waals surface area contributed by atoms with Crippen molar-refractivity contribution in [1.82, 2.24) is 15.0 Å². The van der Waals surface area contributed by atoms with Crippen LogP contribution in [-0.4, -0.2) is 48.6 Å². The van der Waals surface area contributed by atoms with Crippen LogP contribution >= 0.6 is 11.6 Å². The molecule has 0 N–H and O–H groups in total. The zero-order valence-electron chi connectivity index (χ0n) is 16.5. The molecular formula is C21H23ClN3O3. The molecule has 0 aliphatic heterocycles. The van der Waals surface area contributed by atoms with Crippen LogP contribution in [0.1, 0.15) is 29.9 Å². The lowest BCUT2D eigenvalue weighted by atomic mass is 9.89. The number of halogens is 1. The number of hydrogen-bond acceptors (Lipinski definition) is 6. The molecule has 3 rings (SSSR count). The summed E-state index contributed by atoms with van der Waals surface area (Å²) in [6.07, 6.45) is 3.20. The van der Waals surface area contributed by atoms with Crippen LogP contribution in [0.2, 0.25) is 0 Å². The highest BCUT2D eigenvalue weighted by atomic mass is 35.5. The van der Waals surface area contributed by atoms with E-state index in [9.17, 15) is 4.79 Å². The maximum Gasteiger partial charge on any atom is 0.233 e. The Bertz CT molecular complexity index is 944. The summed E-state index contributed by atoms with van der Waals surface area (Å²) in [6, 6.07) is 5.96. The van der Waals surface area contributed by atoms with Gasteiger partial charge in [0.25, 0.3) is 0 Å². The molecule has 0 amide bonds. The van der Waals surface area contributed by atoms with Gasteiger partial charge in [-0.1, -0.05) is 28.9 Å². The number of likely N-dealkylation sites (N-methyl/N-ethyl adjacent to an activating group) is 1. The third-order valence-electron chi connectivity index (χ3n) is 4.61. The number of nitrogens with zero attached hydrogens (tertiary/aromatic N) is 3. The third kappa shape index (κ3) is 4.34. The number of allylic oxidation sites excluding steroid dienone is 3. The van der Waals surface area contributed by atoms with E-state index in [0.29, 0.717) is 47.5 Å². The quantitative estimate of drug-likeness (QED) is 0.698. The second-order valence-electron chi connectivity index (χ2n) is 7.02. The molecule has 2 aromatic rings. The molecule has 1 aromatic heterocycles. The van der Waals surface area contributed by atoms with Crippen molar-refractivity contribution >= 4 is 23.5 Å². The fraction of sp³-hybridized carbons (Fsp3) is 0.381. The summed E-state index contributed by atoms with van der Waals surface area (Å²) in [6.45, 7) is 4.95. The van der Waals surface area contributed by atoms with E-state index in [-0.39, 0.29) is 0 Å². The molecule has 1 radical (unpaired) electrons. The summed E-state index contributed by atoms with van der Waals surface area (Å²) >= 11 is 6.67. The van der Waals surface area contributed by atoms with E-state index < -0.39 is 0 Å². The highest BCUT2D eigenvalue weighted by Crippen LogP contribution is 2.39. The summed E-state index contributed by atoms with van der Waals surface area (Å²) < 4.78 is 10.9. The molecule has 0 unspecified atom stereocenters. The first-order valence-electron chi connectivity index (χ1n) is 9.10. The molecule has 28 heavy (non-hydrogen) atoms. The Balaban J connectivity index is 1.93. The van der Waals surface area contributed by atoms with Crippen LogP contribution < -0.4 is 0 Å². The van der Waals surface area contributed by atoms with Crippen molar-refractivity contribution in [3.8, 4) is 11.4 Å². The number of rotatable bonds is 7. The predicted octanol–water partition coefficient (Wildman–Crippen LogP) is 4.04. The monoisotopic (exact) mass is 400 g/mol. The lowest BCUT2D eigenvalue weighted by Gasteiger charge is -2.23. The van der Waals surface area contributed by atoms with E-state index in [1.165, 1.54) is 0 Å². The van der Waals surface area contributed by atoms with Crippen molar-refractivity contribution in [1.29, 1.82) is 0 Å². The maximum absolute atomic E-state index is 11.3. The van der Waals surface area contributed by atoms with Gasteiger partial charge in [-0.3, -0.25) is 4.79 Å². The minimum absolute atomic E-state index is 0.442. The number of carbonyl (C=O) groups excluding carboxylic acids is 1. The van der Waals surface area contributed by atoms with Gasteiger partial charge in [-0.15, -0.1) is 0 Å². The maximum atomic E-state index is 11.3. The van der Waals surface area contributed by atoms with E-state index in [1.54, 1.807) is 6.92 Å². The van der Waals surface area contributed by atoms with Gasteiger partial charge < -0.3 is 14.2 Å². The first-order chi connectivity index (χ1) is 13.4. The van der Waals surface area contributed by atoms with Crippen molar-refractivity contribution in [3.63, 3.8) is 0 Å². The summed E-state index contributed by atoms with van der Waals surface area (Å²) in [4.78, 5) is 17.6. The van der Waals surface area contributed by atoms with Crippen molar-refractivity contribution in [2.45, 2.75) is 26.7 Å². The molecule has 1 aliphatic carbocycles. The molecule has 0 saturated heterocycles. The molecule has 0 bridgehead atoms. The first-order valence-corrected chi connectivity index (χ1v) is 9.48. The fourth-order valence-corrected chi connectivity index (χ4v) is 3.50. The van der Waals surface area contributed by atoms with E-state index in [4.69, 9.17) is 20.9 Å². The minimum atomic E-state index is 0.442. The van der Waals surface area contributed by atoms with Gasteiger partial charge in [0.05, 0.1) is 5.03 Å². The average molecular weight is 401 g/mol. The highest BCUT2D eigenvalue weighted by Gasteiger charge is 2.24. The van der Waals surface area contributed by atoms with E-state index in [1.807, 2.05) is 50.4 Å². The van der Waals surface area contributed by atoms with E-state index >= 15 is 0 Å². The minimum Gasteiger partial charge on any atom is -0.490 e. The third-order valence-corrected chi connectivity index (χ3v) is 5.01. The van der Waals surface area contributed by atoms with Crippen molar-refractivity contribution < 1.29 is 14.1 Å². The number of aromatic nitrogens is 2. The summed E-state index contributed by atoms with van der Waals surface area (Å²) in [5.41, 5.74) is 4.40. The molecule has 0 atom stereocenters. The van der Waals surface area contributed by atoms with Crippen LogP contribution in [0.4, 0.5) is 0 Å². The van der Waals surface area contributed by atoms with Gasteiger partial charge in [0, 0.05) is 24.6 Å². The fourth-order valence-electron chi connectivity index (χ4n) is 3.13. The van der Waals surface area contributed by atoms with Crippen LogP contribution in [0, 0.1) is 13.8 Å². The van der Waals surface area contributed by atoms with Gasteiger partial charge in [-0.05, 0) is 56.6 Å². The van der Waals surface area contributed by atoms with Crippen LogP contribution in [0.25, 0.3) is 17.0 Å². The molecule has 6 nitrogen and oxygen atoms in total. The van der Waals surface area contributed by atoms with Gasteiger partial charge in [0.15, 0.2) is 0 Å². The zero-order valence-corrected chi connectivity index (χ0v) is 17.3. The lowest BCUT2D eigenvalue weighted by molar-refractivity contribution is 0.189. The zero-order chi connectivity index (χ0) is 20.3. The van der Waals surface area contributed by atoms with Crippen LogP contribution in [-0.2, 0) is 9.53 Å². The highest BCUT2D eigenvalue weighted by molar-refractivity contribution is 6.35. The average Bonchev–Trinajstić information content (AvgIpc) is 3.09. The van der Waals surface area contributed by atoms with Gasteiger partial charge in [0.1, 0.15) is 12.4 Å². The second-order valence-corrected chi connectivity index (χ2v) is 7.40. The van der Waals surface area contributed by atoms with Crippen molar-refractivity contribution in [2.24, 2.45) is 0 Å². The number of hydrogen-bond donors (Lipinski definition) is 0. The molecular weight excluding hydrogens is 378 g/mol. The van der Waals surface area contributed by atoms with Gasteiger partial charge in [0.2, 0.25) is 18.0 Å². The summed E-state index contributed by atoms with van der Waals surface area (Å²) in [5, 5.41) is 4.45. The second kappa shape index (κ2) is 8.71. The molecule has 0 fully saturated rings. The molecule has 1 aromatic carbocycles. The largest absolute Gasteiger partial charge is 0.490 e.